The molecule has 0 unspecified atom stereocenters. The standard InChI is InChI=1S/C12H22N4O4S/c1-2-19-7-8-20-10-3-5-16(6-4-10)21(17,18)11-9-14-15-12(11)13/h9-10H,2-8H2,1H3,(H3,13,14,15). The van der Waals surface area contributed by atoms with Gasteiger partial charge in [0.05, 0.1) is 25.5 Å². The average molecular weight is 318 g/mol. The Balaban J connectivity index is 1.85. The van der Waals surface area contributed by atoms with Crippen molar-refractivity contribution in [3.63, 3.8) is 0 Å². The van der Waals surface area contributed by atoms with E-state index < -0.39 is 10.0 Å². The number of nitrogens with zero attached hydrogens (tertiary/aromatic N) is 2. The van der Waals surface area contributed by atoms with E-state index in [0.29, 0.717) is 45.8 Å². The van der Waals surface area contributed by atoms with Gasteiger partial charge in [0.2, 0.25) is 10.0 Å². The van der Waals surface area contributed by atoms with E-state index in [1.165, 1.54) is 10.5 Å². The van der Waals surface area contributed by atoms with E-state index >= 15 is 0 Å². The van der Waals surface area contributed by atoms with Crippen molar-refractivity contribution in [3.8, 4) is 0 Å². The molecule has 0 bridgehead atoms. The zero-order valence-corrected chi connectivity index (χ0v) is 12.9. The van der Waals surface area contributed by atoms with Crippen LogP contribution >= 0.6 is 0 Å². The van der Waals surface area contributed by atoms with Crippen molar-refractivity contribution in [2.24, 2.45) is 0 Å². The molecule has 0 aromatic carbocycles. The first-order valence-electron chi connectivity index (χ1n) is 7.04. The van der Waals surface area contributed by atoms with Gasteiger partial charge in [0.1, 0.15) is 10.7 Å². The summed E-state index contributed by atoms with van der Waals surface area (Å²) in [5.74, 6) is 0.0742. The van der Waals surface area contributed by atoms with E-state index in [1.54, 1.807) is 0 Å². The molecule has 1 aromatic heterocycles. The van der Waals surface area contributed by atoms with Gasteiger partial charge in [-0.15, -0.1) is 0 Å². The predicted octanol–water partition coefficient (Wildman–Crippen LogP) is 0.198. The highest BCUT2D eigenvalue weighted by molar-refractivity contribution is 7.89. The van der Waals surface area contributed by atoms with Crippen LogP contribution in [0.15, 0.2) is 11.1 Å². The van der Waals surface area contributed by atoms with E-state index in [2.05, 4.69) is 10.2 Å². The van der Waals surface area contributed by atoms with Crippen molar-refractivity contribution in [3.05, 3.63) is 6.20 Å². The Labute approximate surface area is 124 Å². The van der Waals surface area contributed by atoms with Crippen molar-refractivity contribution in [1.29, 1.82) is 0 Å². The van der Waals surface area contributed by atoms with Crippen molar-refractivity contribution < 1.29 is 17.9 Å². The molecule has 9 heteroatoms. The first kappa shape index (κ1) is 16.2. The van der Waals surface area contributed by atoms with Crippen LogP contribution in [-0.4, -0.2) is 61.9 Å². The van der Waals surface area contributed by atoms with Crippen molar-refractivity contribution >= 4 is 15.8 Å². The van der Waals surface area contributed by atoms with Crippen molar-refractivity contribution in [1.82, 2.24) is 14.5 Å². The lowest BCUT2D eigenvalue weighted by Crippen LogP contribution is -2.41. The van der Waals surface area contributed by atoms with Crippen LogP contribution in [0.3, 0.4) is 0 Å². The summed E-state index contributed by atoms with van der Waals surface area (Å²) < 4.78 is 37.1. The smallest absolute Gasteiger partial charge is 0.248 e. The number of ether oxygens (including phenoxy) is 2. The second-order valence-corrected chi connectivity index (χ2v) is 6.73. The number of aromatic amines is 1. The lowest BCUT2D eigenvalue weighted by Gasteiger charge is -2.30. The molecule has 0 amide bonds. The van der Waals surface area contributed by atoms with Gasteiger partial charge in [0, 0.05) is 19.7 Å². The van der Waals surface area contributed by atoms with Gasteiger partial charge < -0.3 is 15.2 Å². The Morgan fingerprint density at radius 1 is 1.43 bits per heavy atom. The fourth-order valence-electron chi connectivity index (χ4n) is 2.29. The third-order valence-corrected chi connectivity index (χ3v) is 5.36. The van der Waals surface area contributed by atoms with Crippen LogP contribution in [0.25, 0.3) is 0 Å². The molecule has 1 fully saturated rings. The van der Waals surface area contributed by atoms with Gasteiger partial charge in [0.25, 0.3) is 0 Å². The summed E-state index contributed by atoms with van der Waals surface area (Å²) in [7, 11) is -3.57. The molecule has 21 heavy (non-hydrogen) atoms. The summed E-state index contributed by atoms with van der Waals surface area (Å²) >= 11 is 0. The van der Waals surface area contributed by atoms with Gasteiger partial charge in [0.15, 0.2) is 0 Å². The fourth-order valence-corrected chi connectivity index (χ4v) is 3.77. The third-order valence-electron chi connectivity index (χ3n) is 3.44. The second kappa shape index (κ2) is 7.21. The molecule has 0 atom stereocenters. The van der Waals surface area contributed by atoms with Crippen LogP contribution in [-0.2, 0) is 19.5 Å². The summed E-state index contributed by atoms with van der Waals surface area (Å²) in [4.78, 5) is 0.0400. The molecule has 120 valence electrons. The van der Waals surface area contributed by atoms with Gasteiger partial charge in [-0.1, -0.05) is 0 Å². The molecular formula is C12H22N4O4S. The molecule has 2 rings (SSSR count). The SMILES string of the molecule is CCOCCOC1CCN(S(=O)(=O)c2cn[nH]c2N)CC1. The number of sulfonamides is 1. The highest BCUT2D eigenvalue weighted by atomic mass is 32.2. The number of aromatic nitrogens is 2. The average Bonchev–Trinajstić information content (AvgIpc) is 2.91. The third kappa shape index (κ3) is 3.94. The van der Waals surface area contributed by atoms with Gasteiger partial charge in [-0.25, -0.2) is 8.42 Å². The largest absolute Gasteiger partial charge is 0.383 e. The monoisotopic (exact) mass is 318 g/mol. The number of hydrogen-bond donors (Lipinski definition) is 2. The molecule has 0 saturated carbocycles. The Kier molecular flexibility index (Phi) is 5.57. The minimum atomic E-state index is -3.57. The van der Waals surface area contributed by atoms with E-state index in [4.69, 9.17) is 15.2 Å². The van der Waals surface area contributed by atoms with Crippen LogP contribution in [0.5, 0.6) is 0 Å². The number of H-pyrrole nitrogens is 1. The molecule has 1 aliphatic heterocycles. The molecule has 1 aliphatic rings. The van der Waals surface area contributed by atoms with Crippen LogP contribution < -0.4 is 5.73 Å². The molecule has 2 heterocycles. The van der Waals surface area contributed by atoms with Crippen LogP contribution in [0, 0.1) is 0 Å². The molecular weight excluding hydrogens is 296 g/mol. The zero-order valence-electron chi connectivity index (χ0n) is 12.1. The van der Waals surface area contributed by atoms with E-state index in [9.17, 15) is 8.42 Å². The molecule has 0 radical (unpaired) electrons. The highest BCUT2D eigenvalue weighted by Crippen LogP contribution is 2.24. The van der Waals surface area contributed by atoms with Crippen LogP contribution in [0.1, 0.15) is 19.8 Å². The van der Waals surface area contributed by atoms with Gasteiger partial charge >= 0.3 is 0 Å². The number of rotatable bonds is 7. The molecule has 1 saturated heterocycles. The first-order chi connectivity index (χ1) is 10.1. The van der Waals surface area contributed by atoms with E-state index in [0.717, 1.165) is 0 Å². The molecule has 8 nitrogen and oxygen atoms in total. The maximum absolute atomic E-state index is 12.4. The number of nitrogens with two attached hydrogens (primary N) is 1. The summed E-state index contributed by atoms with van der Waals surface area (Å²) in [5, 5.41) is 6.11. The topological polar surface area (TPSA) is 111 Å². The minimum Gasteiger partial charge on any atom is -0.383 e. The van der Waals surface area contributed by atoms with Crippen molar-refractivity contribution in [2.45, 2.75) is 30.8 Å². The zero-order chi connectivity index (χ0) is 15.3. The Morgan fingerprint density at radius 2 is 2.14 bits per heavy atom. The lowest BCUT2D eigenvalue weighted by molar-refractivity contribution is -0.0121. The Morgan fingerprint density at radius 3 is 2.71 bits per heavy atom. The fraction of sp³-hybridized carbons (Fsp3) is 0.750. The quantitative estimate of drug-likeness (QED) is 0.695. The van der Waals surface area contributed by atoms with Crippen LogP contribution in [0.2, 0.25) is 0 Å². The van der Waals surface area contributed by atoms with Crippen LogP contribution in [0.4, 0.5) is 5.82 Å². The summed E-state index contributed by atoms with van der Waals surface area (Å²) in [5.41, 5.74) is 5.59. The van der Waals surface area contributed by atoms with Gasteiger partial charge in [-0.05, 0) is 19.8 Å². The number of nitrogens with one attached hydrogen (secondary N) is 1. The number of anilines is 1. The lowest BCUT2D eigenvalue weighted by atomic mass is 10.1. The minimum absolute atomic E-state index is 0.0400. The molecule has 0 aliphatic carbocycles. The van der Waals surface area contributed by atoms with Gasteiger partial charge in [-0.2, -0.15) is 9.40 Å². The molecule has 3 N–H and O–H groups in total. The maximum atomic E-state index is 12.4. The highest BCUT2D eigenvalue weighted by Gasteiger charge is 2.31. The van der Waals surface area contributed by atoms with Gasteiger partial charge in [-0.3, -0.25) is 5.10 Å². The molecule has 1 aromatic rings. The first-order valence-corrected chi connectivity index (χ1v) is 8.48. The second-order valence-electron chi connectivity index (χ2n) is 4.82. The Bertz CT molecular complexity index is 537. The van der Waals surface area contributed by atoms with E-state index in [1.807, 2.05) is 6.92 Å². The summed E-state index contributed by atoms with van der Waals surface area (Å²) in [6.45, 7) is 4.57. The Hall–Kier alpha value is -1.16. The number of nitrogen functional groups attached to an aromatic ring is 1. The van der Waals surface area contributed by atoms with E-state index in [-0.39, 0.29) is 16.8 Å². The number of hydrogen-bond acceptors (Lipinski definition) is 6. The normalized spacial score (nSPS) is 18.1. The predicted molar refractivity (Wildman–Crippen MR) is 77.2 cm³/mol. The molecule has 0 spiro atoms. The number of piperidine rings is 1. The maximum Gasteiger partial charge on any atom is 0.248 e. The summed E-state index contributed by atoms with van der Waals surface area (Å²) in [6, 6.07) is 0. The summed E-state index contributed by atoms with van der Waals surface area (Å²) in [6.07, 6.45) is 2.67. The van der Waals surface area contributed by atoms with Crippen molar-refractivity contribution in [2.75, 3.05) is 38.6 Å².